The molecule has 0 bridgehead atoms. The molecule has 0 aromatic heterocycles. The van der Waals surface area contributed by atoms with E-state index < -0.39 is 0 Å². The summed E-state index contributed by atoms with van der Waals surface area (Å²) in [5.74, 6) is 0.573. The molecule has 0 amide bonds. The van der Waals surface area contributed by atoms with Crippen molar-refractivity contribution in [1.82, 2.24) is 5.06 Å². The van der Waals surface area contributed by atoms with Crippen LogP contribution in [0.5, 0.6) is 5.75 Å². The van der Waals surface area contributed by atoms with Crippen LogP contribution in [-0.2, 0) is 9.63 Å². The Balaban J connectivity index is 2.09. The van der Waals surface area contributed by atoms with Crippen LogP contribution in [0.25, 0.3) is 0 Å². The van der Waals surface area contributed by atoms with Crippen LogP contribution in [0, 0.1) is 0 Å². The maximum Gasteiger partial charge on any atom is 0.332 e. The fourth-order valence-electron chi connectivity index (χ4n) is 1.44. The number of hydrogen-bond acceptors (Lipinski definition) is 5. The van der Waals surface area contributed by atoms with Gasteiger partial charge in [0.25, 0.3) is 0 Å². The van der Waals surface area contributed by atoms with Crippen LogP contribution >= 0.6 is 24.0 Å². The van der Waals surface area contributed by atoms with Crippen molar-refractivity contribution in [2.75, 3.05) is 19.9 Å². The van der Waals surface area contributed by atoms with Crippen LogP contribution in [0.1, 0.15) is 19.3 Å². The van der Waals surface area contributed by atoms with Crippen molar-refractivity contribution in [3.63, 3.8) is 0 Å². The topological polar surface area (TPSA) is 38.8 Å². The van der Waals surface area contributed by atoms with Gasteiger partial charge in [0.2, 0.25) is 0 Å². The van der Waals surface area contributed by atoms with E-state index in [1.807, 2.05) is 36.6 Å². The van der Waals surface area contributed by atoms with E-state index >= 15 is 0 Å². The van der Waals surface area contributed by atoms with E-state index in [9.17, 15) is 4.79 Å². The summed E-state index contributed by atoms with van der Waals surface area (Å²) < 4.78 is 6.07. The number of unbranched alkanes of at least 4 members (excludes halogenated alkanes) is 1. The number of thioether (sulfide) groups is 1. The summed E-state index contributed by atoms with van der Waals surface area (Å²) in [5.41, 5.74) is 0. The van der Waals surface area contributed by atoms with Gasteiger partial charge in [0.05, 0.1) is 6.61 Å². The molecule has 0 spiro atoms. The first-order chi connectivity index (χ1) is 9.63. The predicted molar refractivity (Wildman–Crippen MR) is 85.8 cm³/mol. The number of hydrogen-bond donors (Lipinski definition) is 0. The van der Waals surface area contributed by atoms with Gasteiger partial charge in [0.15, 0.2) is 4.32 Å². The quantitative estimate of drug-likeness (QED) is 0.456. The van der Waals surface area contributed by atoms with Crippen molar-refractivity contribution in [2.24, 2.45) is 0 Å². The number of ether oxygens (including phenoxy) is 1. The van der Waals surface area contributed by atoms with E-state index in [1.54, 1.807) is 7.05 Å². The Hall–Kier alpha value is -1.27. The van der Waals surface area contributed by atoms with Gasteiger partial charge in [-0.15, -0.1) is 0 Å². The molecule has 0 fully saturated rings. The number of benzene rings is 1. The van der Waals surface area contributed by atoms with Crippen molar-refractivity contribution in [3.8, 4) is 5.75 Å². The molecule has 0 atom stereocenters. The van der Waals surface area contributed by atoms with E-state index in [-0.39, 0.29) is 5.97 Å². The number of hydroxylamine groups is 2. The Morgan fingerprint density at radius 1 is 1.30 bits per heavy atom. The lowest BCUT2D eigenvalue weighted by atomic mass is 10.2. The first-order valence-electron chi connectivity index (χ1n) is 6.34. The fourth-order valence-corrected chi connectivity index (χ4v) is 1.77. The van der Waals surface area contributed by atoms with Crippen LogP contribution in [0.15, 0.2) is 30.3 Å². The summed E-state index contributed by atoms with van der Waals surface area (Å²) in [7, 11) is 1.63. The van der Waals surface area contributed by atoms with Gasteiger partial charge in [-0.2, -0.15) is 5.06 Å². The molecule has 1 rings (SSSR count). The Morgan fingerprint density at radius 2 is 2.00 bits per heavy atom. The largest absolute Gasteiger partial charge is 0.494 e. The highest BCUT2D eigenvalue weighted by atomic mass is 32.2. The highest BCUT2D eigenvalue weighted by Crippen LogP contribution is 2.10. The van der Waals surface area contributed by atoms with E-state index in [0.717, 1.165) is 18.6 Å². The number of rotatable bonds is 6. The summed E-state index contributed by atoms with van der Waals surface area (Å²) >= 11 is 6.36. The highest BCUT2D eigenvalue weighted by Gasteiger charge is 2.09. The van der Waals surface area contributed by atoms with E-state index in [1.165, 1.54) is 16.8 Å². The second-order valence-electron chi connectivity index (χ2n) is 4.05. The van der Waals surface area contributed by atoms with Crippen molar-refractivity contribution >= 4 is 34.3 Å². The molecular weight excluding hydrogens is 294 g/mol. The Morgan fingerprint density at radius 3 is 2.65 bits per heavy atom. The molecule has 0 N–H and O–H groups in total. The molecule has 0 heterocycles. The van der Waals surface area contributed by atoms with Crippen LogP contribution in [0.2, 0.25) is 0 Å². The molecule has 1 aromatic carbocycles. The standard InChI is InChI=1S/C14H19NO3S2/c1-15(14(19)20-2)18-13(16)10-6-7-11-17-12-8-4-3-5-9-12/h3-5,8-9H,6-7,10-11H2,1-2H3. The van der Waals surface area contributed by atoms with Gasteiger partial charge >= 0.3 is 5.97 Å². The van der Waals surface area contributed by atoms with Crippen molar-refractivity contribution in [3.05, 3.63) is 30.3 Å². The molecule has 4 nitrogen and oxygen atoms in total. The zero-order valence-corrected chi connectivity index (χ0v) is 13.3. The molecule has 0 aliphatic heterocycles. The van der Waals surface area contributed by atoms with Gasteiger partial charge in [-0.05, 0) is 43.4 Å². The molecule has 0 aliphatic carbocycles. The van der Waals surface area contributed by atoms with Gasteiger partial charge in [0.1, 0.15) is 5.75 Å². The van der Waals surface area contributed by atoms with E-state index in [2.05, 4.69) is 0 Å². The Bertz CT molecular complexity index is 426. The molecule has 20 heavy (non-hydrogen) atoms. The maximum atomic E-state index is 11.5. The summed E-state index contributed by atoms with van der Waals surface area (Å²) in [5, 5.41) is 1.32. The summed E-state index contributed by atoms with van der Waals surface area (Å²) in [4.78, 5) is 16.6. The molecule has 1 aromatic rings. The third-order valence-corrected chi connectivity index (χ3v) is 3.82. The fraction of sp³-hybridized carbons (Fsp3) is 0.429. The van der Waals surface area contributed by atoms with Crippen molar-refractivity contribution in [1.29, 1.82) is 0 Å². The minimum Gasteiger partial charge on any atom is -0.494 e. The normalized spacial score (nSPS) is 9.90. The van der Waals surface area contributed by atoms with Crippen molar-refractivity contribution in [2.45, 2.75) is 19.3 Å². The molecule has 0 saturated heterocycles. The zero-order chi connectivity index (χ0) is 14.8. The summed E-state index contributed by atoms with van der Waals surface area (Å²) in [6.45, 7) is 0.594. The van der Waals surface area contributed by atoms with Gasteiger partial charge < -0.3 is 9.57 Å². The average molecular weight is 313 g/mol. The lowest BCUT2D eigenvalue weighted by molar-refractivity contribution is -0.168. The van der Waals surface area contributed by atoms with Crippen LogP contribution < -0.4 is 4.74 Å². The average Bonchev–Trinajstić information content (AvgIpc) is 2.47. The van der Waals surface area contributed by atoms with Crippen LogP contribution in [-0.4, -0.2) is 35.3 Å². The smallest absolute Gasteiger partial charge is 0.332 e. The minimum atomic E-state index is -0.274. The monoisotopic (exact) mass is 313 g/mol. The van der Waals surface area contributed by atoms with Crippen LogP contribution in [0.4, 0.5) is 0 Å². The first kappa shape index (κ1) is 16.8. The number of carbonyl (C=O) groups excluding carboxylic acids is 1. The second kappa shape index (κ2) is 9.61. The minimum absolute atomic E-state index is 0.274. The molecule has 0 saturated carbocycles. The summed E-state index contributed by atoms with van der Waals surface area (Å²) in [6, 6.07) is 9.62. The van der Waals surface area contributed by atoms with E-state index in [4.69, 9.17) is 21.8 Å². The van der Waals surface area contributed by atoms with Gasteiger partial charge in [-0.3, -0.25) is 0 Å². The SMILES string of the molecule is CSC(=S)N(C)OC(=O)CCCCOc1ccccc1. The van der Waals surface area contributed by atoms with Crippen molar-refractivity contribution < 1.29 is 14.4 Å². The second-order valence-corrected chi connectivity index (χ2v) is 5.49. The molecular formula is C14H19NO3S2. The predicted octanol–water partition coefficient (Wildman–Crippen LogP) is 3.27. The third-order valence-electron chi connectivity index (χ3n) is 2.46. The van der Waals surface area contributed by atoms with E-state index in [0.29, 0.717) is 17.3 Å². The summed E-state index contributed by atoms with van der Waals surface area (Å²) in [6.07, 6.45) is 3.74. The Labute approximate surface area is 129 Å². The van der Waals surface area contributed by atoms with Gasteiger partial charge in [-0.25, -0.2) is 4.79 Å². The molecule has 0 unspecified atom stereocenters. The number of thiocarbonyl (C=S) groups is 1. The zero-order valence-electron chi connectivity index (χ0n) is 11.7. The number of carbonyl (C=O) groups is 1. The lowest BCUT2D eigenvalue weighted by Crippen LogP contribution is -2.26. The molecule has 0 aliphatic rings. The first-order valence-corrected chi connectivity index (χ1v) is 7.97. The molecule has 6 heteroatoms. The third kappa shape index (κ3) is 6.77. The molecule has 110 valence electrons. The lowest BCUT2D eigenvalue weighted by Gasteiger charge is -2.16. The highest BCUT2D eigenvalue weighted by molar-refractivity contribution is 8.22. The maximum absolute atomic E-state index is 11.5. The molecule has 0 radical (unpaired) electrons. The number of nitrogens with zero attached hydrogens (tertiary/aromatic N) is 1. The van der Waals surface area contributed by atoms with Crippen LogP contribution in [0.3, 0.4) is 0 Å². The van der Waals surface area contributed by atoms with Gasteiger partial charge in [-0.1, -0.05) is 30.0 Å². The number of para-hydroxylation sites is 1. The Kier molecular flexibility index (Phi) is 8.06. The van der Waals surface area contributed by atoms with Gasteiger partial charge in [0, 0.05) is 13.5 Å².